The molecule has 0 unspecified atom stereocenters. The fraction of sp³-hybridized carbons (Fsp3) is 0.200. The van der Waals surface area contributed by atoms with Gasteiger partial charge in [-0.3, -0.25) is 9.78 Å². The Morgan fingerprint density at radius 1 is 1.20 bits per heavy atom. The first-order valence-electron chi connectivity index (χ1n) is 6.41. The highest BCUT2D eigenvalue weighted by Gasteiger charge is 2.18. The maximum absolute atomic E-state index is 11.7. The van der Waals surface area contributed by atoms with Gasteiger partial charge in [-0.2, -0.15) is 5.10 Å². The fourth-order valence-electron chi connectivity index (χ4n) is 2.81. The third-order valence-electron chi connectivity index (χ3n) is 3.80. The van der Waals surface area contributed by atoms with E-state index in [0.717, 1.165) is 49.0 Å². The highest BCUT2D eigenvalue weighted by atomic mass is 79.9. The van der Waals surface area contributed by atoms with E-state index in [4.69, 9.17) is 4.98 Å². The summed E-state index contributed by atoms with van der Waals surface area (Å²) >= 11 is 3.59. The van der Waals surface area contributed by atoms with Gasteiger partial charge >= 0.3 is 0 Å². The molecule has 2 aliphatic heterocycles. The highest BCUT2D eigenvalue weighted by Crippen LogP contribution is 2.20. The lowest BCUT2D eigenvalue weighted by molar-refractivity contribution is -0.114. The van der Waals surface area contributed by atoms with Crippen LogP contribution in [0.1, 0.15) is 23.2 Å². The van der Waals surface area contributed by atoms with Crippen molar-refractivity contribution in [3.8, 4) is 0 Å². The summed E-state index contributed by atoms with van der Waals surface area (Å²) in [4.78, 5) is 16.4. The van der Waals surface area contributed by atoms with Crippen molar-refractivity contribution in [1.29, 1.82) is 0 Å². The number of carbonyl (C=O) groups is 1. The average Bonchev–Trinajstić information content (AvgIpc) is 2.80. The van der Waals surface area contributed by atoms with Gasteiger partial charge in [0.1, 0.15) is 5.35 Å². The van der Waals surface area contributed by atoms with Crippen LogP contribution in [-0.2, 0) is 11.2 Å². The Morgan fingerprint density at radius 3 is 2.90 bits per heavy atom. The van der Waals surface area contributed by atoms with Crippen molar-refractivity contribution in [2.75, 3.05) is 0 Å². The van der Waals surface area contributed by atoms with E-state index in [1.807, 2.05) is 19.1 Å². The highest BCUT2D eigenvalue weighted by molar-refractivity contribution is 9.14. The van der Waals surface area contributed by atoms with Crippen LogP contribution < -0.4 is 10.7 Å². The molecule has 0 fully saturated rings. The summed E-state index contributed by atoms with van der Waals surface area (Å²) in [7, 11) is 0. The number of nitrogens with zero attached hydrogens (tertiary/aromatic N) is 3. The number of halogens is 1. The summed E-state index contributed by atoms with van der Waals surface area (Å²) in [5.41, 5.74) is 2.82. The van der Waals surface area contributed by atoms with Gasteiger partial charge in [0.15, 0.2) is 5.78 Å². The molecule has 0 aromatic heterocycles. The number of fused-ring (bicyclic) bond motifs is 2. The summed E-state index contributed by atoms with van der Waals surface area (Å²) in [6.07, 6.45) is 6.67. The molecule has 4 aliphatic rings. The van der Waals surface area contributed by atoms with Crippen LogP contribution >= 0.6 is 15.9 Å². The molecule has 0 saturated carbocycles. The summed E-state index contributed by atoms with van der Waals surface area (Å²) in [5.74, 6) is 0.104. The van der Waals surface area contributed by atoms with Crippen molar-refractivity contribution in [1.82, 2.24) is 15.2 Å². The number of rotatable bonds is 0. The molecule has 0 spiro atoms. The second-order valence-corrected chi connectivity index (χ2v) is 5.99. The number of hydrogen-bond acceptors (Lipinski definition) is 4. The summed E-state index contributed by atoms with van der Waals surface area (Å²) in [6.45, 7) is 1.95. The van der Waals surface area contributed by atoms with Crippen LogP contribution in [-0.4, -0.2) is 21.0 Å². The van der Waals surface area contributed by atoms with Crippen molar-refractivity contribution < 1.29 is 4.79 Å². The third kappa shape index (κ3) is 1.53. The van der Waals surface area contributed by atoms with Crippen molar-refractivity contribution in [2.45, 2.75) is 19.8 Å². The first-order valence-corrected chi connectivity index (χ1v) is 7.20. The van der Waals surface area contributed by atoms with E-state index < -0.39 is 0 Å². The van der Waals surface area contributed by atoms with Gasteiger partial charge in [0.25, 0.3) is 0 Å². The van der Waals surface area contributed by atoms with E-state index in [1.165, 1.54) is 0 Å². The number of hydrogen-bond donors (Lipinski definition) is 0. The molecule has 4 rings (SSSR count). The molecule has 0 saturated heterocycles. The van der Waals surface area contributed by atoms with Crippen LogP contribution in [0.15, 0.2) is 6.08 Å². The first-order chi connectivity index (χ1) is 9.65. The Hall–Kier alpha value is -1.88. The Morgan fingerprint density at radius 2 is 2.05 bits per heavy atom. The maximum Gasteiger partial charge on any atom is 0.160 e. The van der Waals surface area contributed by atoms with Crippen molar-refractivity contribution in [3.05, 3.63) is 44.2 Å². The zero-order valence-corrected chi connectivity index (χ0v) is 12.4. The number of aryl methyl sites for hydroxylation is 1. The van der Waals surface area contributed by atoms with Gasteiger partial charge in [0, 0.05) is 28.6 Å². The Balaban J connectivity index is 2.38. The van der Waals surface area contributed by atoms with Crippen LogP contribution in [0.5, 0.6) is 0 Å². The molecule has 0 radical (unpaired) electrons. The van der Waals surface area contributed by atoms with Gasteiger partial charge in [-0.05, 0) is 24.6 Å². The van der Waals surface area contributed by atoms with E-state index >= 15 is 0 Å². The Bertz CT molecular complexity index is 991. The monoisotopic (exact) mass is 327 g/mol. The van der Waals surface area contributed by atoms with E-state index in [1.54, 1.807) is 6.08 Å². The third-order valence-corrected chi connectivity index (χ3v) is 4.50. The number of carbonyl (C=O) groups excluding carboxylic acids is 1. The van der Waals surface area contributed by atoms with E-state index in [-0.39, 0.29) is 5.78 Å². The molecule has 0 bridgehead atoms. The second kappa shape index (κ2) is 4.06. The molecule has 20 heavy (non-hydrogen) atoms. The van der Waals surface area contributed by atoms with Crippen LogP contribution in [0.25, 0.3) is 16.6 Å². The minimum Gasteiger partial charge on any atom is -0.294 e. The summed E-state index contributed by atoms with van der Waals surface area (Å²) in [5, 5.41) is 12.2. The molecule has 0 atom stereocenters. The molecule has 0 aromatic carbocycles. The van der Waals surface area contributed by atoms with Gasteiger partial charge in [-0.1, -0.05) is 22.0 Å². The SMILES string of the molecule is Cc1nc2c3c(nnc=3c3c1CC(=O)C=C3)=CCC=2Br. The maximum atomic E-state index is 11.7. The largest absolute Gasteiger partial charge is 0.294 e. The molecule has 5 heteroatoms. The topological polar surface area (TPSA) is 55.7 Å². The quantitative estimate of drug-likeness (QED) is 0.716. The standard InChI is InChI=1S/C15H10BrN3O/c1-7-10-6-8(20)2-3-9(10)14-13-12(18-19-14)5-4-11(16)15(13)17-7/h2-3,5H,4,6H2,1H3. The molecule has 4 nitrogen and oxygen atoms in total. The molecule has 0 amide bonds. The van der Waals surface area contributed by atoms with Gasteiger partial charge in [0.05, 0.1) is 15.9 Å². The number of allylic oxidation sites excluding steroid dienone is 1. The van der Waals surface area contributed by atoms with Gasteiger partial charge < -0.3 is 0 Å². The van der Waals surface area contributed by atoms with Crippen LogP contribution in [0.3, 0.4) is 0 Å². The minimum absolute atomic E-state index is 0.104. The minimum atomic E-state index is 0.104. The van der Waals surface area contributed by atoms with Gasteiger partial charge in [0.2, 0.25) is 0 Å². The fourth-order valence-corrected chi connectivity index (χ4v) is 3.26. The van der Waals surface area contributed by atoms with E-state index in [0.29, 0.717) is 6.42 Å². The Kier molecular flexibility index (Phi) is 2.41. The summed E-state index contributed by atoms with van der Waals surface area (Å²) in [6, 6.07) is 0. The van der Waals surface area contributed by atoms with Gasteiger partial charge in [-0.15, -0.1) is 5.10 Å². The van der Waals surface area contributed by atoms with Crippen LogP contribution in [0.2, 0.25) is 0 Å². The van der Waals surface area contributed by atoms with Crippen LogP contribution in [0, 0.1) is 17.5 Å². The van der Waals surface area contributed by atoms with Crippen molar-refractivity contribution in [3.63, 3.8) is 0 Å². The van der Waals surface area contributed by atoms with Gasteiger partial charge in [-0.25, -0.2) is 0 Å². The zero-order valence-electron chi connectivity index (χ0n) is 10.8. The lowest BCUT2D eigenvalue weighted by atomic mass is 9.96. The molecule has 0 N–H and O–H groups in total. The van der Waals surface area contributed by atoms with E-state index in [2.05, 4.69) is 26.1 Å². The predicted molar refractivity (Wildman–Crippen MR) is 78.3 cm³/mol. The molecule has 0 aromatic rings. The van der Waals surface area contributed by atoms with Crippen molar-refractivity contribution in [2.24, 2.45) is 0 Å². The molecular weight excluding hydrogens is 318 g/mol. The molecule has 2 aliphatic carbocycles. The lowest BCUT2D eigenvalue weighted by Crippen LogP contribution is -2.22. The zero-order chi connectivity index (χ0) is 13.9. The average molecular weight is 328 g/mol. The number of ketones is 1. The molecule has 2 heterocycles. The first kappa shape index (κ1) is 11.9. The number of aromatic nitrogens is 3. The smallest absolute Gasteiger partial charge is 0.160 e. The van der Waals surface area contributed by atoms with Crippen LogP contribution in [0.4, 0.5) is 0 Å². The normalized spacial score (nSPS) is 16.3. The summed E-state index contributed by atoms with van der Waals surface area (Å²) < 4.78 is 1.04. The lowest BCUT2D eigenvalue weighted by Gasteiger charge is -2.07. The molecular formula is C15H10BrN3O. The Labute approximate surface area is 122 Å². The second-order valence-electron chi connectivity index (χ2n) is 5.04. The predicted octanol–water partition coefficient (Wildman–Crippen LogP) is 0.731. The molecule has 98 valence electrons. The van der Waals surface area contributed by atoms with Crippen molar-refractivity contribution >= 4 is 38.3 Å². The van der Waals surface area contributed by atoms with E-state index in [9.17, 15) is 4.79 Å².